The fraction of sp³-hybridized carbons (Fsp3) is 0.444. The van der Waals surface area contributed by atoms with Crippen LogP contribution in [0.15, 0.2) is 53.3 Å². The van der Waals surface area contributed by atoms with Gasteiger partial charge in [0, 0.05) is 13.5 Å². The molecule has 0 bridgehead atoms. The predicted octanol–water partition coefficient (Wildman–Crippen LogP) is 5.27. The van der Waals surface area contributed by atoms with Crippen molar-refractivity contribution in [3.63, 3.8) is 0 Å². The first kappa shape index (κ1) is 23.0. The number of carbonyl (C=O) groups excluding carboxylic acids is 1. The van der Waals surface area contributed by atoms with E-state index in [0.29, 0.717) is 46.9 Å². The average Bonchev–Trinajstić information content (AvgIpc) is 3.37. The maximum Gasteiger partial charge on any atom is 0.266 e. The highest BCUT2D eigenvalue weighted by Crippen LogP contribution is 2.31. The van der Waals surface area contributed by atoms with Crippen molar-refractivity contribution >= 4 is 16.8 Å². The minimum atomic E-state index is -0.330. The zero-order valence-corrected chi connectivity index (χ0v) is 19.8. The molecule has 0 N–H and O–H groups in total. The van der Waals surface area contributed by atoms with E-state index < -0.39 is 0 Å². The molecule has 0 radical (unpaired) electrons. The van der Waals surface area contributed by atoms with Crippen LogP contribution in [0.1, 0.15) is 63.7 Å². The van der Waals surface area contributed by atoms with Gasteiger partial charge in [-0.1, -0.05) is 56.9 Å². The second kappa shape index (κ2) is 10.2. The summed E-state index contributed by atoms with van der Waals surface area (Å²) < 4.78 is 7.19. The largest absolute Gasteiger partial charge is 0.495 e. The molecule has 6 heteroatoms. The van der Waals surface area contributed by atoms with Crippen molar-refractivity contribution in [2.45, 2.75) is 57.9 Å². The van der Waals surface area contributed by atoms with Crippen LogP contribution in [0.4, 0.5) is 0 Å². The fourth-order valence-electron chi connectivity index (χ4n) is 5.03. The Morgan fingerprint density at radius 2 is 1.85 bits per heavy atom. The van der Waals surface area contributed by atoms with Gasteiger partial charge in [0.05, 0.1) is 29.7 Å². The van der Waals surface area contributed by atoms with Crippen LogP contribution < -0.4 is 10.3 Å². The molecule has 0 aliphatic heterocycles. The normalized spacial score (nSPS) is 15.0. The van der Waals surface area contributed by atoms with Crippen molar-refractivity contribution in [1.82, 2.24) is 14.5 Å². The van der Waals surface area contributed by atoms with E-state index in [0.717, 1.165) is 6.42 Å². The number of benzene rings is 2. The number of carbonyl (C=O) groups is 1. The predicted molar refractivity (Wildman–Crippen MR) is 131 cm³/mol. The Morgan fingerprint density at radius 1 is 1.15 bits per heavy atom. The number of fused-ring (bicyclic) bond motifs is 1. The Labute approximate surface area is 195 Å². The molecule has 1 atom stereocenters. The molecule has 1 fully saturated rings. The molecule has 1 aliphatic carbocycles. The monoisotopic (exact) mass is 447 g/mol. The SMILES string of the molecule is CCC(c1nc2ccccc2c(=O)n1-c1ccccc1OC)N(C)C(=O)CCC1CCCC1. The molecule has 1 aromatic heterocycles. The van der Waals surface area contributed by atoms with Crippen LogP contribution in [0.3, 0.4) is 0 Å². The standard InChI is InChI=1S/C27H33N3O3/c1-4-22(29(2)25(31)18-17-19-11-5-6-12-19)26-28-21-14-8-7-13-20(21)27(32)30(26)23-15-9-10-16-24(23)33-3/h7-10,13-16,19,22H,4-6,11-12,17-18H2,1-3H3. The van der Waals surface area contributed by atoms with E-state index in [2.05, 4.69) is 0 Å². The zero-order valence-electron chi connectivity index (χ0n) is 19.8. The van der Waals surface area contributed by atoms with Crippen LogP contribution in [0, 0.1) is 5.92 Å². The van der Waals surface area contributed by atoms with Gasteiger partial charge in [0.1, 0.15) is 11.6 Å². The van der Waals surface area contributed by atoms with E-state index in [1.165, 1.54) is 25.7 Å². The van der Waals surface area contributed by atoms with Crippen LogP contribution >= 0.6 is 0 Å². The lowest BCUT2D eigenvalue weighted by Crippen LogP contribution is -2.36. The van der Waals surface area contributed by atoms with Crippen LogP contribution in [0.25, 0.3) is 16.6 Å². The first-order valence-electron chi connectivity index (χ1n) is 12.0. The highest BCUT2D eigenvalue weighted by molar-refractivity contribution is 5.79. The summed E-state index contributed by atoms with van der Waals surface area (Å²) in [6, 6.07) is 14.5. The summed E-state index contributed by atoms with van der Waals surface area (Å²) in [6.07, 6.45) is 7.12. The van der Waals surface area contributed by atoms with Gasteiger partial charge in [-0.25, -0.2) is 4.98 Å². The third-order valence-corrected chi connectivity index (χ3v) is 6.91. The van der Waals surface area contributed by atoms with Crippen LogP contribution in [0.2, 0.25) is 0 Å². The van der Waals surface area contributed by atoms with Crippen LogP contribution in [0.5, 0.6) is 5.75 Å². The second-order valence-electron chi connectivity index (χ2n) is 8.92. The molecule has 2 aromatic carbocycles. The molecular formula is C27H33N3O3. The van der Waals surface area contributed by atoms with Crippen molar-refractivity contribution < 1.29 is 9.53 Å². The number of methoxy groups -OCH3 is 1. The number of para-hydroxylation sites is 3. The number of amides is 1. The summed E-state index contributed by atoms with van der Waals surface area (Å²) in [7, 11) is 3.42. The van der Waals surface area contributed by atoms with Crippen molar-refractivity contribution in [3.8, 4) is 11.4 Å². The number of aromatic nitrogens is 2. The van der Waals surface area contributed by atoms with Gasteiger partial charge < -0.3 is 9.64 Å². The lowest BCUT2D eigenvalue weighted by molar-refractivity contribution is -0.132. The Morgan fingerprint density at radius 3 is 2.58 bits per heavy atom. The number of nitrogens with zero attached hydrogens (tertiary/aromatic N) is 3. The topological polar surface area (TPSA) is 64.4 Å². The minimum Gasteiger partial charge on any atom is -0.495 e. The Bertz CT molecular complexity index is 1180. The van der Waals surface area contributed by atoms with Crippen LogP contribution in [-0.4, -0.2) is 34.5 Å². The molecule has 1 heterocycles. The number of rotatable bonds is 8. The summed E-state index contributed by atoms with van der Waals surface area (Å²) in [5, 5.41) is 0.539. The van der Waals surface area contributed by atoms with Gasteiger partial charge in [0.15, 0.2) is 0 Å². The van der Waals surface area contributed by atoms with E-state index in [1.54, 1.807) is 22.6 Å². The van der Waals surface area contributed by atoms with Crippen molar-refractivity contribution in [1.29, 1.82) is 0 Å². The molecule has 1 amide bonds. The molecule has 4 rings (SSSR count). The molecule has 6 nitrogen and oxygen atoms in total. The Hall–Kier alpha value is -3.15. The lowest BCUT2D eigenvalue weighted by Gasteiger charge is -2.29. The molecule has 1 unspecified atom stereocenters. The first-order valence-corrected chi connectivity index (χ1v) is 12.0. The van der Waals surface area contributed by atoms with E-state index in [4.69, 9.17) is 9.72 Å². The van der Waals surface area contributed by atoms with Gasteiger partial charge in [-0.05, 0) is 43.0 Å². The number of ether oxygens (including phenoxy) is 1. The molecular weight excluding hydrogens is 414 g/mol. The highest BCUT2D eigenvalue weighted by atomic mass is 16.5. The molecule has 1 aliphatic rings. The number of hydrogen-bond donors (Lipinski definition) is 0. The van der Waals surface area contributed by atoms with E-state index >= 15 is 0 Å². The van der Waals surface area contributed by atoms with Crippen molar-refractivity contribution in [2.24, 2.45) is 5.92 Å². The van der Waals surface area contributed by atoms with E-state index in [-0.39, 0.29) is 17.5 Å². The van der Waals surface area contributed by atoms with Gasteiger partial charge in [-0.2, -0.15) is 0 Å². The summed E-state index contributed by atoms with van der Waals surface area (Å²) in [6.45, 7) is 2.03. The summed E-state index contributed by atoms with van der Waals surface area (Å²) >= 11 is 0. The molecule has 33 heavy (non-hydrogen) atoms. The molecule has 0 spiro atoms. The first-order chi connectivity index (χ1) is 16.0. The van der Waals surface area contributed by atoms with Gasteiger partial charge in [0.2, 0.25) is 5.91 Å². The second-order valence-corrected chi connectivity index (χ2v) is 8.92. The Kier molecular flexibility index (Phi) is 7.11. The number of hydrogen-bond acceptors (Lipinski definition) is 4. The maximum atomic E-state index is 13.7. The minimum absolute atomic E-state index is 0.0998. The van der Waals surface area contributed by atoms with E-state index in [1.807, 2.05) is 56.4 Å². The Balaban J connectivity index is 1.78. The van der Waals surface area contributed by atoms with Crippen LogP contribution in [-0.2, 0) is 4.79 Å². The molecule has 3 aromatic rings. The van der Waals surface area contributed by atoms with Gasteiger partial charge in [-0.3, -0.25) is 14.2 Å². The molecule has 0 saturated heterocycles. The van der Waals surface area contributed by atoms with Crippen molar-refractivity contribution in [3.05, 3.63) is 64.7 Å². The van der Waals surface area contributed by atoms with E-state index in [9.17, 15) is 9.59 Å². The zero-order chi connectivity index (χ0) is 23.4. The summed E-state index contributed by atoms with van der Waals surface area (Å²) in [4.78, 5) is 33.6. The molecule has 1 saturated carbocycles. The lowest BCUT2D eigenvalue weighted by atomic mass is 10.0. The third kappa shape index (κ3) is 4.65. The smallest absolute Gasteiger partial charge is 0.266 e. The fourth-order valence-corrected chi connectivity index (χ4v) is 5.03. The molecule has 174 valence electrons. The highest BCUT2D eigenvalue weighted by Gasteiger charge is 2.28. The van der Waals surface area contributed by atoms with Gasteiger partial charge >= 0.3 is 0 Å². The quantitative estimate of drug-likeness (QED) is 0.472. The summed E-state index contributed by atoms with van der Waals surface area (Å²) in [5.41, 5.74) is 1.10. The maximum absolute atomic E-state index is 13.7. The third-order valence-electron chi connectivity index (χ3n) is 6.91. The van der Waals surface area contributed by atoms with Crippen molar-refractivity contribution in [2.75, 3.05) is 14.2 Å². The van der Waals surface area contributed by atoms with Gasteiger partial charge in [-0.15, -0.1) is 0 Å². The van der Waals surface area contributed by atoms with Gasteiger partial charge in [0.25, 0.3) is 5.56 Å². The summed E-state index contributed by atoms with van der Waals surface area (Å²) in [5.74, 6) is 1.90. The average molecular weight is 448 g/mol.